The molecule has 0 saturated carbocycles. The Morgan fingerprint density at radius 2 is 2.00 bits per heavy atom. The zero-order valence-electron chi connectivity index (χ0n) is 11.4. The lowest BCUT2D eigenvalue weighted by atomic mass is 9.99. The SMILES string of the molecule is O=C(NCCN1CCCC1)c1cc2c(s1)CCCC2. The quantitative estimate of drug-likeness (QED) is 0.917. The van der Waals surface area contributed by atoms with Gasteiger partial charge in [0.05, 0.1) is 4.88 Å². The van der Waals surface area contributed by atoms with Gasteiger partial charge in [0, 0.05) is 18.0 Å². The van der Waals surface area contributed by atoms with E-state index in [9.17, 15) is 4.79 Å². The smallest absolute Gasteiger partial charge is 0.261 e. The molecule has 19 heavy (non-hydrogen) atoms. The maximum absolute atomic E-state index is 12.1. The van der Waals surface area contributed by atoms with Crippen molar-refractivity contribution in [3.8, 4) is 0 Å². The lowest BCUT2D eigenvalue weighted by molar-refractivity contribution is 0.0954. The third-order valence-corrected chi connectivity index (χ3v) is 5.37. The molecular weight excluding hydrogens is 256 g/mol. The predicted octanol–water partition coefficient (Wildman–Crippen LogP) is 2.45. The average molecular weight is 278 g/mol. The highest BCUT2D eigenvalue weighted by atomic mass is 32.1. The van der Waals surface area contributed by atoms with Crippen molar-refractivity contribution in [3.05, 3.63) is 21.4 Å². The number of nitrogens with zero attached hydrogens (tertiary/aromatic N) is 1. The molecule has 1 amide bonds. The maximum Gasteiger partial charge on any atom is 0.261 e. The molecule has 1 N–H and O–H groups in total. The zero-order valence-corrected chi connectivity index (χ0v) is 12.2. The van der Waals surface area contributed by atoms with Gasteiger partial charge in [-0.25, -0.2) is 0 Å². The molecule has 3 nitrogen and oxygen atoms in total. The van der Waals surface area contributed by atoms with Crippen molar-refractivity contribution in [1.29, 1.82) is 0 Å². The average Bonchev–Trinajstić information content (AvgIpc) is 3.07. The highest BCUT2D eigenvalue weighted by Crippen LogP contribution is 2.29. The molecule has 0 aromatic carbocycles. The number of amides is 1. The van der Waals surface area contributed by atoms with Gasteiger partial charge in [-0.1, -0.05) is 0 Å². The summed E-state index contributed by atoms with van der Waals surface area (Å²) in [7, 11) is 0. The first-order valence-corrected chi connectivity index (χ1v) is 8.27. The fourth-order valence-electron chi connectivity index (χ4n) is 3.02. The lowest BCUT2D eigenvalue weighted by Gasteiger charge is -2.14. The molecule has 0 spiro atoms. The minimum atomic E-state index is 0.124. The van der Waals surface area contributed by atoms with E-state index in [1.165, 1.54) is 55.6 Å². The summed E-state index contributed by atoms with van der Waals surface area (Å²) in [6.45, 7) is 4.17. The molecule has 0 bridgehead atoms. The fourth-order valence-corrected chi connectivity index (χ4v) is 4.19. The number of hydrogen-bond donors (Lipinski definition) is 1. The Labute approximate surface area is 119 Å². The Morgan fingerprint density at radius 3 is 2.79 bits per heavy atom. The van der Waals surface area contributed by atoms with Crippen LogP contribution in [-0.4, -0.2) is 37.0 Å². The molecule has 0 atom stereocenters. The van der Waals surface area contributed by atoms with E-state index in [-0.39, 0.29) is 5.91 Å². The highest BCUT2D eigenvalue weighted by molar-refractivity contribution is 7.14. The second kappa shape index (κ2) is 6.06. The summed E-state index contributed by atoms with van der Waals surface area (Å²) in [6.07, 6.45) is 7.51. The molecule has 1 aromatic rings. The minimum Gasteiger partial charge on any atom is -0.350 e. The molecule has 1 aliphatic carbocycles. The van der Waals surface area contributed by atoms with Crippen molar-refractivity contribution in [1.82, 2.24) is 10.2 Å². The fraction of sp³-hybridized carbons (Fsp3) is 0.667. The van der Waals surface area contributed by atoms with Crippen LogP contribution < -0.4 is 5.32 Å². The number of carbonyl (C=O) groups excluding carboxylic acids is 1. The Hall–Kier alpha value is -0.870. The van der Waals surface area contributed by atoms with Gasteiger partial charge in [-0.2, -0.15) is 0 Å². The van der Waals surface area contributed by atoms with Crippen molar-refractivity contribution in [2.45, 2.75) is 38.5 Å². The first-order chi connectivity index (χ1) is 9.33. The third kappa shape index (κ3) is 3.18. The normalized spacial score (nSPS) is 19.4. The molecule has 0 radical (unpaired) electrons. The van der Waals surface area contributed by atoms with Crippen molar-refractivity contribution in [3.63, 3.8) is 0 Å². The van der Waals surface area contributed by atoms with E-state index in [1.807, 2.05) is 0 Å². The number of fused-ring (bicyclic) bond motifs is 1. The van der Waals surface area contributed by atoms with Crippen LogP contribution in [0.1, 0.15) is 45.8 Å². The lowest BCUT2D eigenvalue weighted by Crippen LogP contribution is -2.33. The molecule has 0 unspecified atom stereocenters. The van der Waals surface area contributed by atoms with Gasteiger partial charge in [0.2, 0.25) is 0 Å². The van der Waals surface area contributed by atoms with Crippen LogP contribution in [0.25, 0.3) is 0 Å². The zero-order chi connectivity index (χ0) is 13.1. The number of aryl methyl sites for hydroxylation is 2. The van der Waals surface area contributed by atoms with Crippen LogP contribution in [0.3, 0.4) is 0 Å². The molecule has 2 heterocycles. The third-order valence-electron chi connectivity index (χ3n) is 4.13. The Bertz CT molecular complexity index is 425. The molecule has 1 aliphatic heterocycles. The highest BCUT2D eigenvalue weighted by Gasteiger charge is 2.17. The van der Waals surface area contributed by atoms with Gasteiger partial charge >= 0.3 is 0 Å². The van der Waals surface area contributed by atoms with Gasteiger partial charge in [0.1, 0.15) is 0 Å². The van der Waals surface area contributed by atoms with Gasteiger partial charge in [-0.05, 0) is 63.2 Å². The molecule has 1 saturated heterocycles. The summed E-state index contributed by atoms with van der Waals surface area (Å²) in [5.41, 5.74) is 1.42. The Morgan fingerprint density at radius 1 is 1.21 bits per heavy atom. The largest absolute Gasteiger partial charge is 0.350 e. The second-order valence-electron chi connectivity index (χ2n) is 5.57. The summed E-state index contributed by atoms with van der Waals surface area (Å²) >= 11 is 1.70. The molecule has 1 fully saturated rings. The van der Waals surface area contributed by atoms with Gasteiger partial charge in [0.15, 0.2) is 0 Å². The van der Waals surface area contributed by atoms with E-state index in [4.69, 9.17) is 0 Å². The summed E-state index contributed by atoms with van der Waals surface area (Å²) in [5.74, 6) is 0.124. The summed E-state index contributed by atoms with van der Waals surface area (Å²) < 4.78 is 0. The maximum atomic E-state index is 12.1. The van der Waals surface area contributed by atoms with Crippen molar-refractivity contribution >= 4 is 17.2 Å². The van der Waals surface area contributed by atoms with Crippen LogP contribution in [0.5, 0.6) is 0 Å². The van der Waals surface area contributed by atoms with Crippen LogP contribution in [0, 0.1) is 0 Å². The number of carbonyl (C=O) groups is 1. The topological polar surface area (TPSA) is 32.3 Å². The van der Waals surface area contributed by atoms with Crippen molar-refractivity contribution < 1.29 is 4.79 Å². The Kier molecular flexibility index (Phi) is 4.18. The summed E-state index contributed by atoms with van der Waals surface area (Å²) in [4.78, 5) is 16.9. The molecule has 4 heteroatoms. The van der Waals surface area contributed by atoms with E-state index in [1.54, 1.807) is 11.3 Å². The van der Waals surface area contributed by atoms with Crippen LogP contribution in [0.2, 0.25) is 0 Å². The van der Waals surface area contributed by atoms with E-state index in [2.05, 4.69) is 16.3 Å². The van der Waals surface area contributed by atoms with Gasteiger partial charge in [-0.15, -0.1) is 11.3 Å². The number of hydrogen-bond acceptors (Lipinski definition) is 3. The molecular formula is C15H22N2OS. The van der Waals surface area contributed by atoms with Crippen LogP contribution in [-0.2, 0) is 12.8 Å². The van der Waals surface area contributed by atoms with Crippen molar-refractivity contribution in [2.24, 2.45) is 0 Å². The number of rotatable bonds is 4. The summed E-state index contributed by atoms with van der Waals surface area (Å²) in [6, 6.07) is 2.12. The van der Waals surface area contributed by atoms with Gasteiger partial charge in [-0.3, -0.25) is 4.79 Å². The monoisotopic (exact) mass is 278 g/mol. The van der Waals surface area contributed by atoms with Gasteiger partial charge in [0.25, 0.3) is 5.91 Å². The first kappa shape index (κ1) is 13.1. The van der Waals surface area contributed by atoms with Crippen LogP contribution in [0.15, 0.2) is 6.07 Å². The van der Waals surface area contributed by atoms with Crippen LogP contribution in [0.4, 0.5) is 0 Å². The van der Waals surface area contributed by atoms with E-state index in [0.717, 1.165) is 24.4 Å². The number of thiophene rings is 1. The minimum absolute atomic E-state index is 0.124. The van der Waals surface area contributed by atoms with E-state index in [0.29, 0.717) is 0 Å². The van der Waals surface area contributed by atoms with E-state index < -0.39 is 0 Å². The second-order valence-corrected chi connectivity index (χ2v) is 6.71. The molecule has 1 aromatic heterocycles. The molecule has 2 aliphatic rings. The number of nitrogens with one attached hydrogen (secondary N) is 1. The predicted molar refractivity (Wildman–Crippen MR) is 79.0 cm³/mol. The first-order valence-electron chi connectivity index (χ1n) is 7.45. The van der Waals surface area contributed by atoms with E-state index >= 15 is 0 Å². The van der Waals surface area contributed by atoms with Crippen LogP contribution >= 0.6 is 11.3 Å². The molecule has 3 rings (SSSR count). The Balaban J connectivity index is 1.50. The summed E-state index contributed by atoms with van der Waals surface area (Å²) in [5, 5.41) is 3.06. The number of likely N-dealkylation sites (tertiary alicyclic amines) is 1. The standard InChI is InChI=1S/C15H22N2OS/c18-15(16-7-10-17-8-3-4-9-17)14-11-12-5-1-2-6-13(12)19-14/h11H,1-10H2,(H,16,18). The van der Waals surface area contributed by atoms with Gasteiger partial charge < -0.3 is 10.2 Å². The van der Waals surface area contributed by atoms with Crippen molar-refractivity contribution in [2.75, 3.05) is 26.2 Å². The molecule has 104 valence electrons.